The van der Waals surface area contributed by atoms with E-state index in [9.17, 15) is 0 Å². The van der Waals surface area contributed by atoms with Gasteiger partial charge in [0, 0.05) is 18.7 Å². The third-order valence-corrected chi connectivity index (χ3v) is 3.17. The quantitative estimate of drug-likeness (QED) is 0.821. The summed E-state index contributed by atoms with van der Waals surface area (Å²) >= 11 is 0. The number of hydrogen-bond acceptors (Lipinski definition) is 4. The largest absolute Gasteiger partial charge is 0.490 e. The Hall–Kier alpha value is -1.26. The van der Waals surface area contributed by atoms with Crippen LogP contribution in [0.2, 0.25) is 0 Å². The lowest BCUT2D eigenvalue weighted by Gasteiger charge is -2.18. The number of benzene rings is 1. The predicted octanol–water partition coefficient (Wildman–Crippen LogP) is 2.36. The van der Waals surface area contributed by atoms with E-state index in [2.05, 4.69) is 11.4 Å². The molecule has 1 aliphatic heterocycles. The molecule has 4 nitrogen and oxygen atoms in total. The molecule has 0 saturated carbocycles. The SMILES string of the molecule is CCOc1cccc(CNC)c1OCC1CCCO1. The Labute approximate surface area is 115 Å². The van der Waals surface area contributed by atoms with Gasteiger partial charge in [0.2, 0.25) is 0 Å². The number of para-hydroxylation sites is 1. The zero-order chi connectivity index (χ0) is 13.5. The minimum absolute atomic E-state index is 0.220. The molecule has 0 aliphatic carbocycles. The van der Waals surface area contributed by atoms with E-state index in [-0.39, 0.29) is 6.10 Å². The normalized spacial score (nSPS) is 18.5. The van der Waals surface area contributed by atoms with Crippen molar-refractivity contribution in [3.05, 3.63) is 23.8 Å². The maximum atomic E-state index is 5.97. The highest BCUT2D eigenvalue weighted by Gasteiger charge is 2.18. The fourth-order valence-electron chi connectivity index (χ4n) is 2.28. The molecule has 0 radical (unpaired) electrons. The van der Waals surface area contributed by atoms with Crippen molar-refractivity contribution in [1.29, 1.82) is 0 Å². The molecule has 4 heteroatoms. The third kappa shape index (κ3) is 3.85. The Morgan fingerprint density at radius 2 is 2.26 bits per heavy atom. The van der Waals surface area contributed by atoms with Crippen molar-refractivity contribution >= 4 is 0 Å². The molecule has 1 aromatic carbocycles. The van der Waals surface area contributed by atoms with Gasteiger partial charge in [-0.25, -0.2) is 0 Å². The Balaban J connectivity index is 2.08. The van der Waals surface area contributed by atoms with Gasteiger partial charge >= 0.3 is 0 Å². The van der Waals surface area contributed by atoms with Crippen LogP contribution in [0.15, 0.2) is 18.2 Å². The summed E-state index contributed by atoms with van der Waals surface area (Å²) in [6, 6.07) is 6.01. The number of ether oxygens (including phenoxy) is 3. The van der Waals surface area contributed by atoms with E-state index in [0.717, 1.165) is 43.1 Å². The van der Waals surface area contributed by atoms with Gasteiger partial charge in [-0.15, -0.1) is 0 Å². The van der Waals surface area contributed by atoms with Crippen LogP contribution in [-0.4, -0.2) is 33.0 Å². The standard InChI is InChI=1S/C15H23NO3/c1-3-17-14-8-4-6-12(10-16-2)15(14)19-11-13-7-5-9-18-13/h4,6,8,13,16H,3,5,7,9-11H2,1-2H3. The second-order valence-corrected chi connectivity index (χ2v) is 4.65. The highest BCUT2D eigenvalue weighted by molar-refractivity contribution is 5.46. The number of nitrogens with one attached hydrogen (secondary N) is 1. The van der Waals surface area contributed by atoms with Gasteiger partial charge in [-0.1, -0.05) is 12.1 Å². The molecule has 0 aromatic heterocycles. The lowest BCUT2D eigenvalue weighted by Crippen LogP contribution is -2.18. The smallest absolute Gasteiger partial charge is 0.165 e. The van der Waals surface area contributed by atoms with Gasteiger partial charge in [0.15, 0.2) is 11.5 Å². The molecule has 106 valence electrons. The first kappa shape index (κ1) is 14.2. The van der Waals surface area contributed by atoms with Crippen LogP contribution < -0.4 is 14.8 Å². The average molecular weight is 265 g/mol. The zero-order valence-electron chi connectivity index (χ0n) is 11.8. The molecule has 1 heterocycles. The number of rotatable bonds is 7. The Morgan fingerprint density at radius 1 is 1.37 bits per heavy atom. The van der Waals surface area contributed by atoms with E-state index < -0.39 is 0 Å². The van der Waals surface area contributed by atoms with Crippen molar-refractivity contribution in [2.45, 2.75) is 32.4 Å². The summed E-state index contributed by atoms with van der Waals surface area (Å²) in [6.45, 7) is 4.83. The first-order chi connectivity index (χ1) is 9.35. The van der Waals surface area contributed by atoms with Crippen molar-refractivity contribution in [3.8, 4) is 11.5 Å². The van der Waals surface area contributed by atoms with Gasteiger partial charge in [0.1, 0.15) is 6.61 Å². The van der Waals surface area contributed by atoms with Crippen LogP contribution in [0.1, 0.15) is 25.3 Å². The molecule has 0 amide bonds. The molecule has 1 saturated heterocycles. The Bertz CT molecular complexity index is 365. The van der Waals surface area contributed by atoms with E-state index in [1.54, 1.807) is 0 Å². The van der Waals surface area contributed by atoms with E-state index in [0.29, 0.717) is 13.2 Å². The van der Waals surface area contributed by atoms with Crippen LogP contribution >= 0.6 is 0 Å². The second-order valence-electron chi connectivity index (χ2n) is 4.65. The summed E-state index contributed by atoms with van der Waals surface area (Å²) in [6.07, 6.45) is 2.43. The van der Waals surface area contributed by atoms with E-state index in [1.807, 2.05) is 26.1 Å². The summed E-state index contributed by atoms with van der Waals surface area (Å²) in [5.41, 5.74) is 1.12. The third-order valence-electron chi connectivity index (χ3n) is 3.17. The highest BCUT2D eigenvalue weighted by Crippen LogP contribution is 2.32. The number of hydrogen-bond donors (Lipinski definition) is 1. The Kier molecular flexibility index (Phi) is 5.48. The van der Waals surface area contributed by atoms with Gasteiger partial charge in [-0.3, -0.25) is 0 Å². The second kappa shape index (κ2) is 7.36. The van der Waals surface area contributed by atoms with Crippen LogP contribution in [0.5, 0.6) is 11.5 Å². The molecule has 0 spiro atoms. The minimum atomic E-state index is 0.220. The molecule has 1 fully saturated rings. The summed E-state index contributed by atoms with van der Waals surface area (Å²) in [5, 5.41) is 3.15. The lowest BCUT2D eigenvalue weighted by molar-refractivity contribution is 0.0663. The van der Waals surface area contributed by atoms with Crippen molar-refractivity contribution in [2.75, 3.05) is 26.9 Å². The van der Waals surface area contributed by atoms with Crippen LogP contribution in [0.4, 0.5) is 0 Å². The highest BCUT2D eigenvalue weighted by atomic mass is 16.5. The molecule has 1 aliphatic rings. The molecule has 1 N–H and O–H groups in total. The lowest BCUT2D eigenvalue weighted by atomic mass is 10.2. The van der Waals surface area contributed by atoms with Crippen LogP contribution in [0, 0.1) is 0 Å². The van der Waals surface area contributed by atoms with Crippen molar-refractivity contribution < 1.29 is 14.2 Å². The first-order valence-corrected chi connectivity index (χ1v) is 6.98. The maximum Gasteiger partial charge on any atom is 0.165 e. The molecular weight excluding hydrogens is 242 g/mol. The first-order valence-electron chi connectivity index (χ1n) is 6.98. The molecular formula is C15H23NO3. The van der Waals surface area contributed by atoms with Gasteiger partial charge in [-0.2, -0.15) is 0 Å². The zero-order valence-corrected chi connectivity index (χ0v) is 11.8. The average Bonchev–Trinajstić information content (AvgIpc) is 2.92. The molecule has 1 aromatic rings. The van der Waals surface area contributed by atoms with Gasteiger partial charge in [0.05, 0.1) is 12.7 Å². The van der Waals surface area contributed by atoms with Crippen LogP contribution in [-0.2, 0) is 11.3 Å². The summed E-state index contributed by atoms with van der Waals surface area (Å²) in [7, 11) is 1.93. The van der Waals surface area contributed by atoms with Crippen LogP contribution in [0.25, 0.3) is 0 Å². The molecule has 2 rings (SSSR count). The minimum Gasteiger partial charge on any atom is -0.490 e. The van der Waals surface area contributed by atoms with E-state index in [1.165, 1.54) is 0 Å². The summed E-state index contributed by atoms with van der Waals surface area (Å²) in [5.74, 6) is 1.66. The van der Waals surface area contributed by atoms with Gasteiger partial charge < -0.3 is 19.5 Å². The van der Waals surface area contributed by atoms with Crippen molar-refractivity contribution in [1.82, 2.24) is 5.32 Å². The van der Waals surface area contributed by atoms with E-state index in [4.69, 9.17) is 14.2 Å². The van der Waals surface area contributed by atoms with Gasteiger partial charge in [-0.05, 0) is 32.9 Å². The predicted molar refractivity (Wildman–Crippen MR) is 74.8 cm³/mol. The fraction of sp³-hybridized carbons (Fsp3) is 0.600. The fourth-order valence-corrected chi connectivity index (χ4v) is 2.28. The topological polar surface area (TPSA) is 39.7 Å². The maximum absolute atomic E-state index is 5.97. The molecule has 1 atom stereocenters. The molecule has 0 bridgehead atoms. The van der Waals surface area contributed by atoms with E-state index >= 15 is 0 Å². The van der Waals surface area contributed by atoms with Crippen molar-refractivity contribution in [2.24, 2.45) is 0 Å². The summed E-state index contributed by atoms with van der Waals surface area (Å²) < 4.78 is 17.2. The molecule has 19 heavy (non-hydrogen) atoms. The molecule has 1 unspecified atom stereocenters. The monoisotopic (exact) mass is 265 g/mol. The Morgan fingerprint density at radius 3 is 2.95 bits per heavy atom. The van der Waals surface area contributed by atoms with Crippen molar-refractivity contribution in [3.63, 3.8) is 0 Å². The van der Waals surface area contributed by atoms with Crippen LogP contribution in [0.3, 0.4) is 0 Å². The van der Waals surface area contributed by atoms with Gasteiger partial charge in [0.25, 0.3) is 0 Å². The summed E-state index contributed by atoms with van der Waals surface area (Å²) in [4.78, 5) is 0.